The first kappa shape index (κ1) is 76.1. The molecule has 514 valence electrons. The molecule has 0 aliphatic carbocycles. The van der Waals surface area contributed by atoms with Gasteiger partial charge in [-0.2, -0.15) is 0 Å². The standard InChI is InChI=1S/C67H94Br2ClN7O16/c1-38(2)49(33-48(78)18-13-12-17-41(5)90-63(84)47(36-68)37-69)60(81)73-50(19-15-23-72-64(71)85)53(79)32-45-21-22-46(31-51(45)77-24-26-89-27-25-77)61(82)75(9)43(7)62(83)92-56-34-57(80)76(10)52-30-44(29-40(4)58(52)70)28-39(3)16-14-20-55(88-11)67(87)35-54(91-65(86)74-67)42(6)59-66(56,8)93-59/h14,16,20-22,29-31,38,41-43,47,49-50,54-56,59,87H,12-13,15,17-19,23-28,32-37H2,1-11H3,(H,73,81)(H,74,86)(H3,71,72,85)/b20-14+,39-16+/t41?,42-,43+,49+,50+,54+,55-,56+,59+,66+,67+/m1/s1. The third-order valence-electron chi connectivity index (χ3n) is 18.1. The SMILES string of the molecule is CO[C@@H]1/C=C/C=C(\C)Cc2cc(C)c(Cl)c(c2)N(C)C(=O)C[C@H](OC(=O)[C@H](C)N(C)C(=O)c2ccc(CC(=O)[C@H](CCCNC(N)=O)NC(=O)[C@@H](CC(=O)CCCCC(C)OC(=O)C(CBr)CBr)C(C)C)c(N3CCOCC3)c2)[C@]2(C)O[C@H]2[C@H](C)[C@@H]2C[C@@]1(O)NC(=O)O2. The highest BCUT2D eigenvalue weighted by Gasteiger charge is 2.64. The smallest absolute Gasteiger partial charge is 0.409 e. The van der Waals surface area contributed by atoms with E-state index in [1.165, 1.54) is 30.9 Å². The molecular weight excluding hydrogens is 1350 g/mol. The van der Waals surface area contributed by atoms with Gasteiger partial charge in [0.25, 0.3) is 5.91 Å². The summed E-state index contributed by atoms with van der Waals surface area (Å²) in [5.41, 5.74) is 6.30. The number of allylic oxidation sites excluding steroid dienone is 3. The molecule has 6 amide bonds. The van der Waals surface area contributed by atoms with Crippen LogP contribution in [-0.4, -0.2) is 182 Å². The van der Waals surface area contributed by atoms with Crippen molar-refractivity contribution < 1.29 is 76.7 Å². The minimum Gasteiger partial charge on any atom is -0.462 e. The maximum absolute atomic E-state index is 14.7. The lowest BCUT2D eigenvalue weighted by Gasteiger charge is -2.42. The number of esters is 2. The monoisotopic (exact) mass is 1450 g/mol. The van der Waals surface area contributed by atoms with E-state index >= 15 is 0 Å². The second kappa shape index (κ2) is 34.6. The predicted molar refractivity (Wildman–Crippen MR) is 358 cm³/mol. The number of hydrogen-bond donors (Lipinski definition) is 5. The number of urea groups is 1. The van der Waals surface area contributed by atoms with E-state index in [0.717, 1.165) is 16.7 Å². The quantitative estimate of drug-likeness (QED) is 0.0185. The molecular formula is C67H94Br2ClN7O16. The Balaban J connectivity index is 1.21. The van der Waals surface area contributed by atoms with Gasteiger partial charge in [-0.25, -0.2) is 14.4 Å². The molecule has 4 bridgehead atoms. The molecule has 3 fully saturated rings. The van der Waals surface area contributed by atoms with E-state index in [-0.39, 0.29) is 86.1 Å². The molecule has 6 N–H and O–H groups in total. The van der Waals surface area contributed by atoms with Crippen LogP contribution in [0.1, 0.15) is 133 Å². The van der Waals surface area contributed by atoms with E-state index in [1.807, 2.05) is 57.7 Å². The van der Waals surface area contributed by atoms with Gasteiger partial charge in [-0.1, -0.05) is 100 Å². The molecule has 4 aliphatic rings. The van der Waals surface area contributed by atoms with Gasteiger partial charge in [0.05, 0.1) is 54.5 Å². The number of nitrogens with two attached hydrogens (primary N) is 1. The maximum atomic E-state index is 14.7. The number of carbonyl (C=O) groups excluding carboxylic acids is 9. The van der Waals surface area contributed by atoms with Gasteiger partial charge in [-0.3, -0.25) is 34.1 Å². The van der Waals surface area contributed by atoms with Crippen LogP contribution in [0.5, 0.6) is 0 Å². The Kier molecular flexibility index (Phi) is 28.3. The molecule has 4 aliphatic heterocycles. The number of nitrogens with one attached hydrogen (secondary N) is 3. The summed E-state index contributed by atoms with van der Waals surface area (Å²) in [5, 5.41) is 21.3. The molecule has 2 aromatic rings. The summed E-state index contributed by atoms with van der Waals surface area (Å²) in [6.45, 7) is 15.9. The zero-order valence-corrected chi connectivity index (χ0v) is 59.2. The number of epoxide rings is 1. The summed E-state index contributed by atoms with van der Waals surface area (Å²) in [6.07, 6.45) is 2.13. The summed E-state index contributed by atoms with van der Waals surface area (Å²) >= 11 is 13.6. The summed E-state index contributed by atoms with van der Waals surface area (Å²) in [5.74, 6) is -5.13. The van der Waals surface area contributed by atoms with E-state index in [9.17, 15) is 48.3 Å². The van der Waals surface area contributed by atoms with E-state index in [0.29, 0.717) is 84.6 Å². The number of unbranched alkanes of at least 4 members (excludes halogenated alkanes) is 1. The number of anilines is 2. The average molecular weight is 1450 g/mol. The number of hydrogen-bond acceptors (Lipinski definition) is 17. The summed E-state index contributed by atoms with van der Waals surface area (Å²) < 4.78 is 35.5. The largest absolute Gasteiger partial charge is 0.462 e. The van der Waals surface area contributed by atoms with Crippen LogP contribution < -0.4 is 31.5 Å². The highest BCUT2D eigenvalue weighted by atomic mass is 79.9. The fourth-order valence-corrected chi connectivity index (χ4v) is 13.9. The van der Waals surface area contributed by atoms with Crippen LogP contribution in [0.25, 0.3) is 0 Å². The topological polar surface area (TPSA) is 304 Å². The summed E-state index contributed by atoms with van der Waals surface area (Å²) in [4.78, 5) is 128. The number of alkyl halides is 2. The molecule has 6 rings (SSSR count). The van der Waals surface area contributed by atoms with Crippen molar-refractivity contribution in [3.05, 3.63) is 81.4 Å². The molecule has 0 aromatic heterocycles. The molecule has 2 aromatic carbocycles. The lowest BCUT2D eigenvalue weighted by molar-refractivity contribution is -0.158. The maximum Gasteiger partial charge on any atom is 0.409 e. The number of benzene rings is 2. The number of methoxy groups -OCH3 is 1. The van der Waals surface area contributed by atoms with Crippen LogP contribution in [-0.2, 0) is 70.0 Å². The molecule has 26 heteroatoms. The molecule has 23 nitrogen and oxygen atoms in total. The Labute approximate surface area is 567 Å². The first-order chi connectivity index (χ1) is 43.9. The minimum absolute atomic E-state index is 0.0494. The van der Waals surface area contributed by atoms with Crippen LogP contribution >= 0.6 is 43.5 Å². The molecule has 3 saturated heterocycles. The second-order valence-corrected chi connectivity index (χ2v) is 27.3. The van der Waals surface area contributed by atoms with Gasteiger partial charge in [0.15, 0.2) is 11.5 Å². The van der Waals surface area contributed by atoms with Crippen LogP contribution in [0, 0.1) is 30.6 Å². The predicted octanol–water partition coefficient (Wildman–Crippen LogP) is 8.14. The van der Waals surface area contributed by atoms with Gasteiger partial charge >= 0.3 is 24.1 Å². The molecule has 93 heavy (non-hydrogen) atoms. The number of likely N-dealkylation sites (N-methyl/N-ethyl adjacent to an activating group) is 1. The molecule has 0 radical (unpaired) electrons. The summed E-state index contributed by atoms with van der Waals surface area (Å²) in [7, 11) is 4.45. The number of fused-ring (bicyclic) bond motifs is 5. The fraction of sp³-hybridized carbons (Fsp3) is 0.627. The van der Waals surface area contributed by atoms with Crippen molar-refractivity contribution in [3.63, 3.8) is 0 Å². The number of Topliss-reactive ketones (excluding diaryl/α,β-unsaturated/α-hetero) is 2. The number of aliphatic hydroxyl groups is 1. The number of amides is 6. The van der Waals surface area contributed by atoms with Gasteiger partial charge < -0.3 is 64.6 Å². The number of ketones is 2. The third-order valence-corrected chi connectivity index (χ3v) is 20.2. The molecule has 4 heterocycles. The van der Waals surface area contributed by atoms with Crippen molar-refractivity contribution in [2.45, 2.75) is 180 Å². The highest BCUT2D eigenvalue weighted by Crippen LogP contribution is 2.49. The van der Waals surface area contributed by atoms with E-state index in [1.54, 1.807) is 51.2 Å². The second-order valence-electron chi connectivity index (χ2n) is 25.6. The fourth-order valence-electron chi connectivity index (χ4n) is 12.0. The molecule has 1 unspecified atom stereocenters. The van der Waals surface area contributed by atoms with Gasteiger partial charge in [0.1, 0.15) is 35.7 Å². The zero-order chi connectivity index (χ0) is 68.6. The number of carbonyl (C=O) groups is 9. The third kappa shape index (κ3) is 20.5. The lowest BCUT2D eigenvalue weighted by atomic mass is 9.83. The number of rotatable bonds is 27. The number of primary amides is 1. The van der Waals surface area contributed by atoms with E-state index in [4.69, 9.17) is 45.8 Å². The average Bonchev–Trinajstić information content (AvgIpc) is 1.58. The first-order valence-corrected chi connectivity index (χ1v) is 34.5. The highest BCUT2D eigenvalue weighted by molar-refractivity contribution is 9.09. The molecule has 0 spiro atoms. The zero-order valence-electron chi connectivity index (χ0n) is 55.3. The van der Waals surface area contributed by atoms with Crippen molar-refractivity contribution in [2.75, 3.05) is 74.5 Å². The Bertz CT molecular complexity index is 3090. The van der Waals surface area contributed by atoms with E-state index < -0.39 is 102 Å². The van der Waals surface area contributed by atoms with E-state index in [2.05, 4.69) is 47.8 Å². The number of nitrogens with zero attached hydrogens (tertiary/aromatic N) is 3. The Morgan fingerprint density at radius 2 is 1.67 bits per heavy atom. The van der Waals surface area contributed by atoms with Crippen LogP contribution in [0.4, 0.5) is 21.0 Å². The lowest BCUT2D eigenvalue weighted by Crippen LogP contribution is -2.63. The molecule has 0 saturated carbocycles. The minimum atomic E-state index is -1.90. The first-order valence-electron chi connectivity index (χ1n) is 31.9. The van der Waals surface area contributed by atoms with Crippen LogP contribution in [0.3, 0.4) is 0 Å². The normalized spacial score (nSPS) is 24.8. The van der Waals surface area contributed by atoms with Crippen molar-refractivity contribution >= 4 is 108 Å². The van der Waals surface area contributed by atoms with Crippen molar-refractivity contribution in [3.8, 4) is 0 Å². The van der Waals surface area contributed by atoms with Gasteiger partial charge in [0.2, 0.25) is 11.8 Å². The summed E-state index contributed by atoms with van der Waals surface area (Å²) in [6, 6.07) is 5.58. The number of aryl methyl sites for hydroxylation is 1. The number of ether oxygens (including phenoxy) is 6. The number of alkyl carbamates (subject to hydrolysis) is 1. The van der Waals surface area contributed by atoms with Gasteiger partial charge in [-0.15, -0.1) is 0 Å². The Morgan fingerprint density at radius 3 is 2.32 bits per heavy atom. The van der Waals surface area contributed by atoms with Gasteiger partial charge in [0, 0.05) is 100 Å². The van der Waals surface area contributed by atoms with Gasteiger partial charge in [-0.05, 0) is 114 Å². The Hall–Kier alpha value is -5.96. The van der Waals surface area contributed by atoms with Crippen LogP contribution in [0.15, 0.2) is 54.1 Å². The Morgan fingerprint density at radius 1 is 0.968 bits per heavy atom. The van der Waals surface area contributed by atoms with Crippen molar-refractivity contribution in [2.24, 2.45) is 29.4 Å². The molecule has 11 atom stereocenters. The number of halogens is 3. The van der Waals surface area contributed by atoms with Crippen LogP contribution in [0.2, 0.25) is 5.02 Å². The number of morpholine rings is 1. The van der Waals surface area contributed by atoms with Crippen molar-refractivity contribution in [1.82, 2.24) is 20.9 Å². The van der Waals surface area contributed by atoms with Crippen molar-refractivity contribution in [1.29, 1.82) is 0 Å².